The third kappa shape index (κ3) is 7.38. The number of pyridine rings is 1. The van der Waals surface area contributed by atoms with Crippen LogP contribution in [-0.4, -0.2) is 31.1 Å². The molecule has 0 amide bonds. The molecule has 3 rings (SSSR count). The van der Waals surface area contributed by atoms with Crippen LogP contribution in [0.15, 0.2) is 36.5 Å². The lowest BCUT2D eigenvalue weighted by Crippen LogP contribution is -2.27. The summed E-state index contributed by atoms with van der Waals surface area (Å²) in [5.74, 6) is 1.27. The molecule has 1 aliphatic rings. The van der Waals surface area contributed by atoms with Crippen LogP contribution < -0.4 is 15.4 Å². The summed E-state index contributed by atoms with van der Waals surface area (Å²) in [5, 5.41) is 6.85. The number of hydrogen-bond acceptors (Lipinski definition) is 5. The maximum atomic E-state index is 12.5. The summed E-state index contributed by atoms with van der Waals surface area (Å²) >= 11 is 0. The van der Waals surface area contributed by atoms with E-state index in [4.69, 9.17) is 4.74 Å². The molecule has 1 aliphatic heterocycles. The molecule has 2 aromatic rings. The molecular formula is C26H34F3N3O2. The van der Waals surface area contributed by atoms with Gasteiger partial charge >= 0.3 is 6.36 Å². The summed E-state index contributed by atoms with van der Waals surface area (Å²) in [4.78, 5) is 4.60. The summed E-state index contributed by atoms with van der Waals surface area (Å²) in [6.45, 7) is 10.5. The number of benzene rings is 1. The third-order valence-corrected chi connectivity index (χ3v) is 5.85. The molecule has 34 heavy (non-hydrogen) atoms. The second-order valence-corrected chi connectivity index (χ2v) is 8.93. The summed E-state index contributed by atoms with van der Waals surface area (Å²) in [6.07, 6.45) is 2.38. The Morgan fingerprint density at radius 1 is 1.24 bits per heavy atom. The molecule has 0 spiro atoms. The van der Waals surface area contributed by atoms with Crippen molar-refractivity contribution < 1.29 is 22.6 Å². The number of halogens is 3. The molecule has 0 unspecified atom stereocenters. The topological polar surface area (TPSA) is 55.4 Å². The number of nitrogens with zero attached hydrogens (tertiary/aromatic N) is 1. The molecule has 1 aromatic carbocycles. The normalized spacial score (nSPS) is 15.5. The van der Waals surface area contributed by atoms with E-state index in [0.29, 0.717) is 23.0 Å². The smallest absolute Gasteiger partial charge is 0.406 e. The molecular weight excluding hydrogens is 443 g/mol. The van der Waals surface area contributed by atoms with Crippen molar-refractivity contribution in [1.29, 1.82) is 0 Å². The molecule has 2 heterocycles. The highest BCUT2D eigenvalue weighted by atomic mass is 19.4. The molecule has 186 valence electrons. The van der Waals surface area contributed by atoms with E-state index in [0.717, 1.165) is 55.8 Å². The molecule has 0 atom stereocenters. The molecule has 0 saturated carbocycles. The van der Waals surface area contributed by atoms with Crippen molar-refractivity contribution in [1.82, 2.24) is 10.3 Å². The molecule has 2 N–H and O–H groups in total. The Balaban J connectivity index is 1.79. The Kier molecular flexibility index (Phi) is 8.83. The van der Waals surface area contributed by atoms with Crippen LogP contribution in [0.25, 0.3) is 5.70 Å². The van der Waals surface area contributed by atoms with Gasteiger partial charge in [0.05, 0.1) is 0 Å². The monoisotopic (exact) mass is 477 g/mol. The van der Waals surface area contributed by atoms with Gasteiger partial charge in [-0.3, -0.25) is 0 Å². The zero-order valence-corrected chi connectivity index (χ0v) is 20.3. The van der Waals surface area contributed by atoms with Gasteiger partial charge in [0.15, 0.2) is 0 Å². The average molecular weight is 478 g/mol. The fourth-order valence-corrected chi connectivity index (χ4v) is 4.04. The van der Waals surface area contributed by atoms with Gasteiger partial charge in [-0.05, 0) is 73.4 Å². The van der Waals surface area contributed by atoms with Crippen LogP contribution in [0.1, 0.15) is 62.6 Å². The first kappa shape index (κ1) is 25.9. The lowest BCUT2D eigenvalue weighted by atomic mass is 9.95. The lowest BCUT2D eigenvalue weighted by Gasteiger charge is -2.25. The minimum atomic E-state index is -4.72. The highest BCUT2D eigenvalue weighted by Gasteiger charge is 2.31. The molecule has 0 bridgehead atoms. The molecule has 1 fully saturated rings. The molecule has 1 saturated heterocycles. The van der Waals surface area contributed by atoms with Gasteiger partial charge < -0.3 is 20.1 Å². The number of ether oxygens (including phenoxy) is 2. The van der Waals surface area contributed by atoms with E-state index in [1.165, 1.54) is 6.07 Å². The number of allylic oxidation sites excluding steroid dienone is 1. The third-order valence-electron chi connectivity index (χ3n) is 5.85. The molecule has 5 nitrogen and oxygen atoms in total. The second-order valence-electron chi connectivity index (χ2n) is 8.93. The Morgan fingerprint density at radius 2 is 1.97 bits per heavy atom. The van der Waals surface area contributed by atoms with E-state index in [2.05, 4.69) is 47.2 Å². The van der Waals surface area contributed by atoms with Gasteiger partial charge in [0.2, 0.25) is 0 Å². The van der Waals surface area contributed by atoms with Gasteiger partial charge in [0, 0.05) is 42.9 Å². The van der Waals surface area contributed by atoms with Gasteiger partial charge in [-0.2, -0.15) is 0 Å². The van der Waals surface area contributed by atoms with Crippen molar-refractivity contribution in [3.63, 3.8) is 0 Å². The van der Waals surface area contributed by atoms with E-state index in [1.807, 2.05) is 12.3 Å². The maximum Gasteiger partial charge on any atom is 0.573 e. The Labute approximate surface area is 199 Å². The second kappa shape index (κ2) is 11.6. The van der Waals surface area contributed by atoms with Crippen molar-refractivity contribution in [3.8, 4) is 5.75 Å². The summed E-state index contributed by atoms with van der Waals surface area (Å²) < 4.78 is 47.2. The van der Waals surface area contributed by atoms with Gasteiger partial charge in [0.1, 0.15) is 11.6 Å². The van der Waals surface area contributed by atoms with E-state index in [-0.39, 0.29) is 11.7 Å². The number of anilines is 2. The first-order chi connectivity index (χ1) is 16.2. The van der Waals surface area contributed by atoms with E-state index < -0.39 is 6.36 Å². The predicted molar refractivity (Wildman–Crippen MR) is 129 cm³/mol. The minimum Gasteiger partial charge on any atom is -0.406 e. The minimum absolute atomic E-state index is 0.214. The van der Waals surface area contributed by atoms with Gasteiger partial charge in [-0.15, -0.1) is 13.2 Å². The number of alkyl halides is 3. The summed E-state index contributed by atoms with van der Waals surface area (Å²) in [7, 11) is 0. The molecule has 8 heteroatoms. The molecule has 1 aromatic heterocycles. The van der Waals surface area contributed by atoms with Crippen molar-refractivity contribution in [2.75, 3.05) is 25.1 Å². The highest BCUT2D eigenvalue weighted by Crippen LogP contribution is 2.31. The van der Waals surface area contributed by atoms with Crippen LogP contribution >= 0.6 is 0 Å². The zero-order valence-electron chi connectivity index (χ0n) is 20.3. The van der Waals surface area contributed by atoms with Crippen molar-refractivity contribution >= 4 is 17.2 Å². The SMILES string of the molecule is CCC=C(NCC1CCOCC1)c1cnc(Nc2ccc(OC(F)(F)F)c(C)c2)cc1C(C)C. The fraction of sp³-hybridized carbons (Fsp3) is 0.500. The van der Waals surface area contributed by atoms with Crippen molar-refractivity contribution in [2.24, 2.45) is 5.92 Å². The van der Waals surface area contributed by atoms with E-state index >= 15 is 0 Å². The number of aryl methyl sites for hydroxylation is 1. The van der Waals surface area contributed by atoms with Crippen LogP contribution in [0.5, 0.6) is 5.75 Å². The van der Waals surface area contributed by atoms with Crippen LogP contribution in [0.4, 0.5) is 24.7 Å². The highest BCUT2D eigenvalue weighted by molar-refractivity contribution is 5.69. The Hall–Kier alpha value is -2.74. The fourth-order valence-electron chi connectivity index (χ4n) is 4.04. The first-order valence-electron chi connectivity index (χ1n) is 11.8. The number of rotatable bonds is 9. The van der Waals surface area contributed by atoms with Gasteiger partial charge in [0.25, 0.3) is 0 Å². The number of hydrogen-bond donors (Lipinski definition) is 2. The van der Waals surface area contributed by atoms with Crippen LogP contribution in [0.3, 0.4) is 0 Å². The van der Waals surface area contributed by atoms with Crippen LogP contribution in [-0.2, 0) is 4.74 Å². The van der Waals surface area contributed by atoms with E-state index in [1.54, 1.807) is 19.1 Å². The Morgan fingerprint density at radius 3 is 2.59 bits per heavy atom. The first-order valence-corrected chi connectivity index (χ1v) is 11.8. The molecule has 0 aliphatic carbocycles. The predicted octanol–water partition coefficient (Wildman–Crippen LogP) is 6.92. The van der Waals surface area contributed by atoms with Crippen LogP contribution in [0, 0.1) is 12.8 Å². The van der Waals surface area contributed by atoms with Crippen molar-refractivity contribution in [2.45, 2.75) is 59.2 Å². The number of nitrogens with one attached hydrogen (secondary N) is 2. The lowest BCUT2D eigenvalue weighted by molar-refractivity contribution is -0.274. The van der Waals surface area contributed by atoms with Crippen LogP contribution in [0.2, 0.25) is 0 Å². The maximum absolute atomic E-state index is 12.5. The summed E-state index contributed by atoms with van der Waals surface area (Å²) in [5.41, 5.74) is 4.32. The van der Waals surface area contributed by atoms with Gasteiger partial charge in [-0.25, -0.2) is 4.98 Å². The summed E-state index contributed by atoms with van der Waals surface area (Å²) in [6, 6.07) is 6.49. The average Bonchev–Trinajstić information content (AvgIpc) is 2.78. The van der Waals surface area contributed by atoms with Gasteiger partial charge in [-0.1, -0.05) is 26.8 Å². The largest absolute Gasteiger partial charge is 0.573 e. The Bertz CT molecular complexity index is 984. The standard InChI is InChI=1S/C26H34F3N3O2/c1-5-6-23(30-15-19-9-11-33-12-10-19)22-16-31-25(14-21(22)17(2)3)32-20-7-8-24(18(4)13-20)34-26(27,28)29/h6-8,13-14,16-17,19,30H,5,9-12,15H2,1-4H3,(H,31,32). The zero-order chi connectivity index (χ0) is 24.7. The van der Waals surface area contributed by atoms with E-state index in [9.17, 15) is 13.2 Å². The number of aromatic nitrogens is 1. The quantitative estimate of drug-likeness (QED) is 0.410. The van der Waals surface area contributed by atoms with Crippen molar-refractivity contribution in [3.05, 3.63) is 53.2 Å². The molecule has 0 radical (unpaired) electrons.